The number of rotatable bonds is 28. The topological polar surface area (TPSA) is 135 Å². The number of nitrogens with zero attached hydrogens (tertiary/aromatic N) is 2. The van der Waals surface area contributed by atoms with Gasteiger partial charge in [-0.2, -0.15) is 4.98 Å². The lowest BCUT2D eigenvalue weighted by molar-refractivity contribution is -0.159. The van der Waals surface area contributed by atoms with E-state index in [0.29, 0.717) is 25.0 Å². The number of carbonyl (C=O) groups excluding carboxylic acids is 3. The van der Waals surface area contributed by atoms with Gasteiger partial charge in [0, 0.05) is 11.8 Å². The van der Waals surface area contributed by atoms with Gasteiger partial charge in [0.25, 0.3) is 5.91 Å². The first-order valence-electron chi connectivity index (χ1n) is 22.4. The van der Waals surface area contributed by atoms with Crippen molar-refractivity contribution in [2.75, 3.05) is 18.5 Å². The third-order valence-corrected chi connectivity index (χ3v) is 11.0. The van der Waals surface area contributed by atoms with Crippen molar-refractivity contribution in [2.24, 2.45) is 0 Å². The van der Waals surface area contributed by atoms with Crippen molar-refractivity contribution < 1.29 is 33.3 Å². The van der Waals surface area contributed by atoms with Crippen molar-refractivity contribution in [2.45, 2.75) is 175 Å². The molecular formula is C48H69N3O8. The monoisotopic (exact) mass is 816 g/mol. The quantitative estimate of drug-likeness (QED) is 0.0561. The first-order chi connectivity index (χ1) is 28.7. The van der Waals surface area contributed by atoms with E-state index >= 15 is 0 Å². The maximum absolute atomic E-state index is 12.8. The standard InChI is InChI=1S/C48H69N3O8/c1-4-5-6-7-8-9-10-11-12-13-14-15-16-17-18-22-32-56-42-34-39(33-37(2)38(42)3)35-57-45(52)28-29-46(53)58-36-41-26-23-27-44(59-41)51-31-30-43(50-48(51)55)49-47(54)40-24-20-19-21-25-40/h19-21,24-25,30-31,33-34,41,44H,4-18,22-23,26-29,32,35-36H2,1-3H3,(H,49,50,54,55). The van der Waals surface area contributed by atoms with E-state index in [9.17, 15) is 19.2 Å². The van der Waals surface area contributed by atoms with Crippen molar-refractivity contribution in [1.82, 2.24) is 9.55 Å². The summed E-state index contributed by atoms with van der Waals surface area (Å²) >= 11 is 0. The summed E-state index contributed by atoms with van der Waals surface area (Å²) in [4.78, 5) is 54.3. The van der Waals surface area contributed by atoms with Crippen LogP contribution in [-0.2, 0) is 30.4 Å². The molecule has 0 radical (unpaired) electrons. The molecule has 3 aromatic rings. The molecule has 0 saturated carbocycles. The first-order valence-corrected chi connectivity index (χ1v) is 22.4. The second-order valence-electron chi connectivity index (χ2n) is 16.0. The summed E-state index contributed by atoms with van der Waals surface area (Å²) in [5.41, 5.74) is 2.89. The van der Waals surface area contributed by atoms with Crippen LogP contribution in [0.2, 0.25) is 0 Å². The van der Waals surface area contributed by atoms with E-state index in [4.69, 9.17) is 18.9 Å². The van der Waals surface area contributed by atoms with Gasteiger partial charge in [0.2, 0.25) is 0 Å². The van der Waals surface area contributed by atoms with Gasteiger partial charge in [0.15, 0.2) is 0 Å². The van der Waals surface area contributed by atoms with Gasteiger partial charge < -0.3 is 24.3 Å². The molecule has 0 spiro atoms. The second kappa shape index (κ2) is 27.3. The van der Waals surface area contributed by atoms with Gasteiger partial charge in [-0.15, -0.1) is 0 Å². The van der Waals surface area contributed by atoms with Crippen molar-refractivity contribution in [1.29, 1.82) is 0 Å². The Labute approximate surface area is 352 Å². The zero-order valence-electron chi connectivity index (χ0n) is 36.0. The van der Waals surface area contributed by atoms with Gasteiger partial charge in [-0.05, 0) is 80.5 Å². The lowest BCUT2D eigenvalue weighted by atomic mass is 10.0. The number of carbonyl (C=O) groups is 3. The van der Waals surface area contributed by atoms with Gasteiger partial charge in [0.1, 0.15) is 31.0 Å². The number of hydrogen-bond acceptors (Lipinski definition) is 9. The van der Waals surface area contributed by atoms with Gasteiger partial charge >= 0.3 is 17.6 Å². The lowest BCUT2D eigenvalue weighted by Gasteiger charge is -2.30. The molecule has 1 fully saturated rings. The molecule has 0 bridgehead atoms. The van der Waals surface area contributed by atoms with Crippen LogP contribution in [0.5, 0.6) is 5.75 Å². The summed E-state index contributed by atoms with van der Waals surface area (Å²) in [6, 6.07) is 14.1. The average molecular weight is 816 g/mol. The Morgan fingerprint density at radius 1 is 0.780 bits per heavy atom. The Hall–Kier alpha value is -4.51. The number of esters is 2. The third-order valence-electron chi connectivity index (χ3n) is 11.0. The van der Waals surface area contributed by atoms with E-state index in [2.05, 4.69) is 17.2 Å². The number of unbranched alkanes of at least 4 members (excludes halogenated alkanes) is 15. The van der Waals surface area contributed by atoms with Crippen LogP contribution >= 0.6 is 0 Å². The lowest BCUT2D eigenvalue weighted by Crippen LogP contribution is -2.35. The minimum atomic E-state index is -0.587. The van der Waals surface area contributed by atoms with E-state index in [1.807, 2.05) is 32.0 Å². The molecule has 11 heteroatoms. The van der Waals surface area contributed by atoms with E-state index in [0.717, 1.165) is 41.7 Å². The highest BCUT2D eigenvalue weighted by molar-refractivity contribution is 6.03. The Kier molecular flexibility index (Phi) is 21.8. The molecule has 1 aliphatic heterocycles. The predicted octanol–water partition coefficient (Wildman–Crippen LogP) is 10.9. The highest BCUT2D eigenvalue weighted by Gasteiger charge is 2.26. The van der Waals surface area contributed by atoms with E-state index < -0.39 is 30.0 Å². The summed E-state index contributed by atoms with van der Waals surface area (Å²) in [6.07, 6.45) is 23.6. The molecule has 1 amide bonds. The van der Waals surface area contributed by atoms with E-state index in [1.54, 1.807) is 30.3 Å². The molecular weight excluding hydrogens is 747 g/mol. The maximum atomic E-state index is 12.8. The maximum Gasteiger partial charge on any atom is 0.351 e. The average Bonchev–Trinajstić information content (AvgIpc) is 3.24. The zero-order chi connectivity index (χ0) is 42.1. The number of ether oxygens (including phenoxy) is 4. The Morgan fingerprint density at radius 2 is 1.39 bits per heavy atom. The molecule has 2 aromatic carbocycles. The van der Waals surface area contributed by atoms with Crippen LogP contribution in [0.4, 0.5) is 5.82 Å². The molecule has 2 heterocycles. The molecule has 1 aliphatic rings. The summed E-state index contributed by atoms with van der Waals surface area (Å²) in [6.45, 7) is 7.10. The number of anilines is 1. The second-order valence-corrected chi connectivity index (χ2v) is 16.0. The molecule has 2 unspecified atom stereocenters. The predicted molar refractivity (Wildman–Crippen MR) is 232 cm³/mol. The van der Waals surface area contributed by atoms with E-state index in [1.165, 1.54) is 101 Å². The van der Waals surface area contributed by atoms with Crippen molar-refractivity contribution in [3.05, 3.63) is 87.5 Å². The van der Waals surface area contributed by atoms with Crippen LogP contribution < -0.4 is 15.7 Å². The summed E-state index contributed by atoms with van der Waals surface area (Å²) in [5.74, 6) is -0.418. The fourth-order valence-electron chi connectivity index (χ4n) is 7.35. The zero-order valence-corrected chi connectivity index (χ0v) is 36.0. The van der Waals surface area contributed by atoms with Crippen LogP contribution in [-0.4, -0.2) is 46.7 Å². The van der Waals surface area contributed by atoms with Crippen molar-refractivity contribution in [3.8, 4) is 5.75 Å². The van der Waals surface area contributed by atoms with Gasteiger partial charge in [-0.3, -0.25) is 19.0 Å². The van der Waals surface area contributed by atoms with Gasteiger partial charge in [-0.1, -0.05) is 128 Å². The van der Waals surface area contributed by atoms with Crippen LogP contribution in [0.15, 0.2) is 59.5 Å². The normalized spacial score (nSPS) is 15.1. The number of aryl methyl sites for hydroxylation is 1. The third kappa shape index (κ3) is 18.1. The molecule has 0 aliphatic carbocycles. The highest BCUT2D eigenvalue weighted by Crippen LogP contribution is 2.27. The molecule has 2 atom stereocenters. The largest absolute Gasteiger partial charge is 0.493 e. The molecule has 1 N–H and O–H groups in total. The number of hydrogen-bond donors (Lipinski definition) is 1. The summed E-state index contributed by atoms with van der Waals surface area (Å²) < 4.78 is 24.5. The Morgan fingerprint density at radius 3 is 2.02 bits per heavy atom. The van der Waals surface area contributed by atoms with Gasteiger partial charge in [-0.25, -0.2) is 4.79 Å². The molecule has 1 aromatic heterocycles. The Bertz CT molecular complexity index is 1760. The minimum Gasteiger partial charge on any atom is -0.493 e. The highest BCUT2D eigenvalue weighted by atomic mass is 16.6. The molecule has 1 saturated heterocycles. The number of benzene rings is 2. The summed E-state index contributed by atoms with van der Waals surface area (Å²) in [7, 11) is 0. The molecule has 11 nitrogen and oxygen atoms in total. The number of nitrogens with one attached hydrogen (secondary N) is 1. The van der Waals surface area contributed by atoms with Crippen molar-refractivity contribution in [3.63, 3.8) is 0 Å². The van der Waals surface area contributed by atoms with Crippen LogP contribution in [0.25, 0.3) is 0 Å². The SMILES string of the molecule is CCCCCCCCCCCCCCCCCCOc1cc(COC(=O)CCC(=O)OCC2CCCC(n3ccc(NC(=O)c4ccccc4)nc3=O)O2)cc(C)c1C. The molecule has 4 rings (SSSR count). The Balaban J connectivity index is 1.05. The first kappa shape index (κ1) is 47.2. The van der Waals surface area contributed by atoms with Crippen LogP contribution in [0.3, 0.4) is 0 Å². The fourth-order valence-corrected chi connectivity index (χ4v) is 7.35. The van der Waals surface area contributed by atoms with Gasteiger partial charge in [0.05, 0.1) is 25.6 Å². The van der Waals surface area contributed by atoms with Crippen molar-refractivity contribution >= 4 is 23.7 Å². The van der Waals surface area contributed by atoms with Crippen LogP contribution in [0.1, 0.15) is 175 Å². The smallest absolute Gasteiger partial charge is 0.351 e. The minimum absolute atomic E-state index is 0.00262. The van der Waals surface area contributed by atoms with Crippen LogP contribution in [0, 0.1) is 13.8 Å². The molecule has 324 valence electrons. The fraction of sp³-hybridized carbons (Fsp3) is 0.604. The molecule has 59 heavy (non-hydrogen) atoms. The van der Waals surface area contributed by atoms with E-state index in [-0.39, 0.29) is 37.8 Å². The summed E-state index contributed by atoms with van der Waals surface area (Å²) in [5, 5.41) is 2.64. The number of amides is 1. The number of aromatic nitrogens is 2.